The second-order valence-electron chi connectivity index (χ2n) is 6.78. The third kappa shape index (κ3) is 4.56. The van der Waals surface area contributed by atoms with E-state index in [1.165, 1.54) is 33.1 Å². The maximum atomic E-state index is 12.3. The maximum Gasteiger partial charge on any atom is 0.336 e. The maximum absolute atomic E-state index is 12.3. The SMILES string of the molecule is C/C=C(/C)C(=O)O[C@H](c1cc2ccc(=O)oc2cc1OC)[C@H](O)C(C)(C)O. The van der Waals surface area contributed by atoms with E-state index in [9.17, 15) is 19.8 Å². The summed E-state index contributed by atoms with van der Waals surface area (Å²) in [6.45, 7) is 6.10. The van der Waals surface area contributed by atoms with Gasteiger partial charge in [-0.05, 0) is 39.8 Å². The summed E-state index contributed by atoms with van der Waals surface area (Å²) in [6, 6.07) is 5.88. The summed E-state index contributed by atoms with van der Waals surface area (Å²) in [6.07, 6.45) is -1.06. The Bertz CT molecular complexity index is 918. The molecule has 2 rings (SSSR count). The molecular weight excluding hydrogens is 352 g/mol. The van der Waals surface area contributed by atoms with Crippen LogP contribution in [0.5, 0.6) is 5.75 Å². The minimum Gasteiger partial charge on any atom is -0.496 e. The summed E-state index contributed by atoms with van der Waals surface area (Å²) < 4.78 is 16.0. The number of carbonyl (C=O) groups is 1. The minimum atomic E-state index is -1.56. The van der Waals surface area contributed by atoms with E-state index in [1.54, 1.807) is 32.1 Å². The highest BCUT2D eigenvalue weighted by Crippen LogP contribution is 2.37. The van der Waals surface area contributed by atoms with Gasteiger partial charge in [0, 0.05) is 28.7 Å². The lowest BCUT2D eigenvalue weighted by atomic mass is 9.91. The number of hydrogen-bond donors (Lipinski definition) is 2. The molecule has 0 saturated heterocycles. The van der Waals surface area contributed by atoms with Gasteiger partial charge in [-0.15, -0.1) is 0 Å². The summed E-state index contributed by atoms with van der Waals surface area (Å²) in [5.41, 5.74) is -1.09. The van der Waals surface area contributed by atoms with Crippen LogP contribution in [-0.2, 0) is 9.53 Å². The zero-order valence-corrected chi connectivity index (χ0v) is 16.0. The molecule has 0 aliphatic rings. The second kappa shape index (κ2) is 7.94. The van der Waals surface area contributed by atoms with Crippen LogP contribution in [0.1, 0.15) is 39.4 Å². The molecule has 0 fully saturated rings. The molecule has 0 aliphatic heterocycles. The molecule has 146 valence electrons. The second-order valence-corrected chi connectivity index (χ2v) is 6.78. The first-order valence-corrected chi connectivity index (χ1v) is 8.44. The number of aliphatic hydroxyl groups excluding tert-OH is 1. The smallest absolute Gasteiger partial charge is 0.336 e. The van der Waals surface area contributed by atoms with Crippen LogP contribution in [0.15, 0.2) is 45.1 Å². The molecule has 1 aromatic heterocycles. The molecule has 0 unspecified atom stereocenters. The number of esters is 1. The van der Waals surface area contributed by atoms with E-state index >= 15 is 0 Å². The number of rotatable bonds is 6. The molecule has 2 atom stereocenters. The van der Waals surface area contributed by atoms with Crippen LogP contribution in [0, 0.1) is 0 Å². The largest absolute Gasteiger partial charge is 0.496 e. The van der Waals surface area contributed by atoms with Crippen molar-refractivity contribution in [2.45, 2.75) is 45.5 Å². The van der Waals surface area contributed by atoms with Crippen LogP contribution in [0.3, 0.4) is 0 Å². The zero-order chi connectivity index (χ0) is 20.4. The molecule has 27 heavy (non-hydrogen) atoms. The van der Waals surface area contributed by atoms with Gasteiger partial charge in [0.15, 0.2) is 6.10 Å². The number of methoxy groups -OCH3 is 1. The van der Waals surface area contributed by atoms with Crippen molar-refractivity contribution in [1.82, 2.24) is 0 Å². The summed E-state index contributed by atoms with van der Waals surface area (Å²) >= 11 is 0. The Labute approximate surface area is 156 Å². The Kier molecular flexibility index (Phi) is 6.08. The number of hydrogen-bond acceptors (Lipinski definition) is 7. The molecule has 0 saturated carbocycles. The molecule has 0 amide bonds. The molecule has 0 radical (unpaired) electrons. The molecule has 2 N–H and O–H groups in total. The summed E-state index contributed by atoms with van der Waals surface area (Å²) in [5, 5.41) is 21.5. The quantitative estimate of drug-likeness (QED) is 0.453. The van der Waals surface area contributed by atoms with Crippen molar-refractivity contribution < 1.29 is 28.9 Å². The van der Waals surface area contributed by atoms with E-state index in [2.05, 4.69) is 0 Å². The number of fused-ring (bicyclic) bond motifs is 1. The van der Waals surface area contributed by atoms with Gasteiger partial charge in [-0.25, -0.2) is 9.59 Å². The first-order valence-electron chi connectivity index (χ1n) is 8.44. The summed E-state index contributed by atoms with van der Waals surface area (Å²) in [5.74, 6) is -0.386. The topological polar surface area (TPSA) is 106 Å². The van der Waals surface area contributed by atoms with Crippen molar-refractivity contribution in [1.29, 1.82) is 0 Å². The minimum absolute atomic E-state index is 0.246. The van der Waals surface area contributed by atoms with E-state index in [1.807, 2.05) is 0 Å². The molecule has 2 aromatic rings. The van der Waals surface area contributed by atoms with E-state index in [-0.39, 0.29) is 11.3 Å². The highest BCUT2D eigenvalue weighted by atomic mass is 16.6. The van der Waals surface area contributed by atoms with Gasteiger partial charge in [0.05, 0.1) is 12.7 Å². The molecule has 7 heteroatoms. The van der Waals surface area contributed by atoms with Gasteiger partial charge in [0.1, 0.15) is 17.4 Å². The Balaban J connectivity index is 2.64. The first-order chi connectivity index (χ1) is 12.6. The fourth-order valence-corrected chi connectivity index (χ4v) is 2.51. The third-order valence-corrected chi connectivity index (χ3v) is 4.28. The normalized spacial score (nSPS) is 14.7. The van der Waals surface area contributed by atoms with Crippen molar-refractivity contribution in [3.05, 3.63) is 51.9 Å². The van der Waals surface area contributed by atoms with Gasteiger partial charge in [-0.3, -0.25) is 0 Å². The summed E-state index contributed by atoms with van der Waals surface area (Å²) in [7, 11) is 1.40. The average Bonchev–Trinajstić information content (AvgIpc) is 2.62. The van der Waals surface area contributed by atoms with E-state index in [4.69, 9.17) is 13.9 Å². The first kappa shape index (κ1) is 20.7. The predicted molar refractivity (Wildman–Crippen MR) is 99.6 cm³/mol. The molecule has 0 aliphatic carbocycles. The Morgan fingerprint density at radius 3 is 2.52 bits per heavy atom. The van der Waals surface area contributed by atoms with Crippen LogP contribution in [0.2, 0.25) is 0 Å². The molecule has 7 nitrogen and oxygen atoms in total. The van der Waals surface area contributed by atoms with Gasteiger partial charge in [0.2, 0.25) is 0 Å². The van der Waals surface area contributed by atoms with Gasteiger partial charge in [-0.2, -0.15) is 0 Å². The standard InChI is InChI=1S/C20H24O7/c1-6-11(2)19(23)27-17(18(22)20(3,4)24)13-9-12-7-8-16(21)26-14(12)10-15(13)25-5/h6-10,17-18,22,24H,1-5H3/b11-6-/t17-,18+/m1/s1. The lowest BCUT2D eigenvalue weighted by molar-refractivity contribution is -0.163. The van der Waals surface area contributed by atoms with Crippen LogP contribution in [0.4, 0.5) is 0 Å². The highest BCUT2D eigenvalue weighted by molar-refractivity contribution is 5.88. The van der Waals surface area contributed by atoms with Crippen LogP contribution in [0.25, 0.3) is 11.0 Å². The summed E-state index contributed by atoms with van der Waals surface area (Å²) in [4.78, 5) is 23.8. The van der Waals surface area contributed by atoms with Crippen molar-refractivity contribution in [2.75, 3.05) is 7.11 Å². The molecule has 0 spiro atoms. The fraction of sp³-hybridized carbons (Fsp3) is 0.400. The van der Waals surface area contributed by atoms with Crippen molar-refractivity contribution in [3.63, 3.8) is 0 Å². The van der Waals surface area contributed by atoms with Crippen molar-refractivity contribution in [2.24, 2.45) is 0 Å². The Morgan fingerprint density at radius 2 is 1.96 bits per heavy atom. The van der Waals surface area contributed by atoms with Crippen LogP contribution >= 0.6 is 0 Å². The zero-order valence-electron chi connectivity index (χ0n) is 16.0. The Morgan fingerprint density at radius 1 is 1.30 bits per heavy atom. The van der Waals surface area contributed by atoms with E-state index < -0.39 is 29.4 Å². The Hall–Kier alpha value is -2.64. The average molecular weight is 376 g/mol. The van der Waals surface area contributed by atoms with Crippen LogP contribution < -0.4 is 10.4 Å². The van der Waals surface area contributed by atoms with Crippen molar-refractivity contribution in [3.8, 4) is 5.75 Å². The van der Waals surface area contributed by atoms with E-state index in [0.717, 1.165) is 0 Å². The monoisotopic (exact) mass is 376 g/mol. The molecule has 1 heterocycles. The highest BCUT2D eigenvalue weighted by Gasteiger charge is 2.38. The lowest BCUT2D eigenvalue weighted by Gasteiger charge is -2.32. The van der Waals surface area contributed by atoms with Gasteiger partial charge in [-0.1, -0.05) is 6.08 Å². The number of ether oxygens (including phenoxy) is 2. The van der Waals surface area contributed by atoms with Gasteiger partial charge < -0.3 is 24.1 Å². The predicted octanol–water partition coefficient (Wildman–Crippen LogP) is 2.48. The number of benzene rings is 1. The fourth-order valence-electron chi connectivity index (χ4n) is 2.51. The molecular formula is C20H24O7. The van der Waals surface area contributed by atoms with Gasteiger partial charge in [0.25, 0.3) is 0 Å². The van der Waals surface area contributed by atoms with E-state index in [0.29, 0.717) is 16.5 Å². The molecule has 1 aromatic carbocycles. The van der Waals surface area contributed by atoms with Crippen molar-refractivity contribution >= 4 is 16.9 Å². The number of allylic oxidation sites excluding steroid dienone is 1. The molecule has 0 bridgehead atoms. The number of aliphatic hydroxyl groups is 2. The number of carbonyl (C=O) groups excluding carboxylic acids is 1. The third-order valence-electron chi connectivity index (χ3n) is 4.28. The lowest BCUT2D eigenvalue weighted by Crippen LogP contribution is -2.42. The van der Waals surface area contributed by atoms with Gasteiger partial charge >= 0.3 is 11.6 Å². The van der Waals surface area contributed by atoms with Crippen LogP contribution in [-0.4, -0.2) is 35.0 Å².